The van der Waals surface area contributed by atoms with Crippen LogP contribution in [0.25, 0.3) is 0 Å². The summed E-state index contributed by atoms with van der Waals surface area (Å²) in [5.74, 6) is -0.859. The average Bonchev–Trinajstić information content (AvgIpc) is 3.61. The van der Waals surface area contributed by atoms with Crippen LogP contribution >= 0.6 is 13.7 Å². The summed E-state index contributed by atoms with van der Waals surface area (Å²) in [6, 6.07) is 66.9. The van der Waals surface area contributed by atoms with Crippen molar-refractivity contribution in [2.24, 2.45) is 0 Å². The van der Waals surface area contributed by atoms with Crippen LogP contribution in [-0.2, 0) is 21.2 Å². The summed E-state index contributed by atoms with van der Waals surface area (Å²) in [5, 5.41) is 2.49. The molecule has 0 radical (unpaired) electrons. The summed E-state index contributed by atoms with van der Waals surface area (Å²) >= 11 is 0. The van der Waals surface area contributed by atoms with Crippen LogP contribution in [0.15, 0.2) is 249 Å². The van der Waals surface area contributed by atoms with Gasteiger partial charge in [-0.25, -0.2) is 0 Å². The van der Waals surface area contributed by atoms with Gasteiger partial charge in [-0.3, -0.25) is 0 Å². The predicted octanol–water partition coefficient (Wildman–Crippen LogP) is 13.6. The number of alkyl halides is 6. The first-order valence-corrected chi connectivity index (χ1v) is 30.4. The number of hydrogen-bond donors (Lipinski definition) is 0. The van der Waals surface area contributed by atoms with Crippen LogP contribution in [0.5, 0.6) is 17.2 Å². The fourth-order valence-electron chi connectivity index (χ4n) is 10.4. The minimum absolute atomic E-state index is 0.00436. The summed E-state index contributed by atoms with van der Waals surface area (Å²) in [7, 11) is -2.41. The second-order valence-electron chi connectivity index (χ2n) is 18.9. The topological polar surface area (TPSA) is 80.3 Å². The van der Waals surface area contributed by atoms with E-state index < -0.39 is 74.1 Å². The molecule has 0 spiro atoms. The molecule has 0 amide bonds. The van der Waals surface area contributed by atoms with E-state index in [2.05, 4.69) is 0 Å². The van der Waals surface area contributed by atoms with Crippen LogP contribution in [0.2, 0.25) is 0 Å². The Hall–Kier alpha value is -7.86. The van der Waals surface area contributed by atoms with Crippen molar-refractivity contribution in [3.63, 3.8) is 0 Å². The van der Waals surface area contributed by atoms with Crippen molar-refractivity contribution in [2.45, 2.75) is 26.2 Å². The van der Waals surface area contributed by atoms with Crippen molar-refractivity contribution in [2.75, 3.05) is 25.5 Å². The summed E-state index contributed by atoms with van der Waals surface area (Å²) in [5.41, 5.74) is -2.87. The minimum atomic E-state index is -5.34. The van der Waals surface area contributed by atoms with Crippen LogP contribution in [-0.4, -0.2) is 44.4 Å². The molecule has 9 rings (SSSR count). The normalized spacial score (nSPS) is 12.9. The Labute approximate surface area is 461 Å². The molecule has 0 atom stereocenters. The molecule has 0 aromatic heterocycles. The average molecular weight is 1120 g/mol. The van der Waals surface area contributed by atoms with Crippen LogP contribution in [0.1, 0.15) is 45.7 Å². The standard InChI is InChI=1S/C64H55BF6O7P2/c1-3-74-52-39-35-48(36-40-52)61(72)46-79(55-23-11-5-12-24-55,56-25-13-6-14-26-56,57-27-15-7-16-28-57)77-65(76-54-44-50(63(66,67)68)43-51(45-54)64(69,70)71)78-80(58-29-17-8-18-30-58,59-31-19-9-20-32-59,60-33-21-10-22-34-60)47-62(73)49-37-41-53(42-38-49)75-4-2/h5-45H,3-4,46-47H2,1-2H3. The van der Waals surface area contributed by atoms with E-state index >= 15 is 35.9 Å². The molecule has 16 heteroatoms. The van der Waals surface area contributed by atoms with Crippen molar-refractivity contribution in [3.8, 4) is 17.2 Å². The molecule has 0 fully saturated rings. The SMILES string of the molecule is CCOc1ccc(C(=O)CP(OB(Oc2cc(C(F)(F)F)cc(C(F)(F)F)c2)OP(CC(=O)c2ccc(OCC)cc2)(c2ccccc2)(c2ccccc2)c2ccccc2)(c2ccccc2)(c2ccccc2)c2ccccc2)cc1. The summed E-state index contributed by atoms with van der Waals surface area (Å²) in [6.07, 6.45) is -11.6. The Balaban J connectivity index is 1.45. The first-order valence-electron chi connectivity index (χ1n) is 25.7. The van der Waals surface area contributed by atoms with E-state index in [1.165, 1.54) is 0 Å². The van der Waals surface area contributed by atoms with Crippen LogP contribution in [0.4, 0.5) is 26.3 Å². The fourth-order valence-corrected chi connectivity index (χ4v) is 21.5. The third-order valence-electron chi connectivity index (χ3n) is 14.1. The van der Waals surface area contributed by atoms with Crippen molar-refractivity contribution in [1.29, 1.82) is 0 Å². The maximum atomic E-state index is 15.8. The molecule has 80 heavy (non-hydrogen) atoms. The molecule has 7 nitrogen and oxygen atoms in total. The van der Waals surface area contributed by atoms with Gasteiger partial charge in [-0.05, 0) is 0 Å². The van der Waals surface area contributed by atoms with E-state index in [9.17, 15) is 0 Å². The predicted molar refractivity (Wildman–Crippen MR) is 309 cm³/mol. The first kappa shape index (κ1) is 56.9. The zero-order valence-electron chi connectivity index (χ0n) is 43.6. The fraction of sp³-hybridized carbons (Fsp3) is 0.125. The molecule has 0 heterocycles. The Morgan fingerprint density at radius 1 is 0.375 bits per heavy atom. The summed E-state index contributed by atoms with van der Waals surface area (Å²) in [6.45, 7) is -6.30. The molecule has 0 aliphatic rings. The van der Waals surface area contributed by atoms with Gasteiger partial charge in [0.25, 0.3) is 0 Å². The second-order valence-corrected chi connectivity index (χ2v) is 27.9. The number of carbonyl (C=O) groups excluding carboxylic acids is 2. The molecule has 0 aliphatic carbocycles. The van der Waals surface area contributed by atoms with E-state index in [4.69, 9.17) is 23.0 Å². The molecule has 0 aliphatic heterocycles. The summed E-state index contributed by atoms with van der Waals surface area (Å²) < 4.78 is 125. The molecule has 0 saturated carbocycles. The number of ketones is 2. The molecule has 0 N–H and O–H groups in total. The third-order valence-corrected chi connectivity index (χ3v) is 25.5. The number of carbonyl (C=O) groups is 2. The number of Topliss-reactive ketones (excluding diaryl/α,β-unsaturated/α-hetero) is 2. The van der Waals surface area contributed by atoms with Gasteiger partial charge in [0, 0.05) is 0 Å². The van der Waals surface area contributed by atoms with E-state index in [1.54, 1.807) is 231 Å². The monoisotopic (exact) mass is 1120 g/mol. The molecular formula is C64H55BF6O7P2. The Morgan fingerprint density at radius 3 is 0.875 bits per heavy atom. The van der Waals surface area contributed by atoms with Crippen LogP contribution < -0.4 is 46.0 Å². The second kappa shape index (κ2) is 23.5. The van der Waals surface area contributed by atoms with Gasteiger partial charge in [0.05, 0.1) is 0 Å². The molecule has 0 bridgehead atoms. The number of halogens is 6. The van der Waals surface area contributed by atoms with Gasteiger partial charge < -0.3 is 0 Å². The van der Waals surface area contributed by atoms with Gasteiger partial charge in [-0.15, -0.1) is 0 Å². The molecule has 9 aromatic rings. The van der Waals surface area contributed by atoms with Crippen LogP contribution in [0.3, 0.4) is 0 Å². The van der Waals surface area contributed by atoms with Crippen molar-refractivity contribution in [1.82, 2.24) is 0 Å². The Bertz CT molecular complexity index is 3100. The van der Waals surface area contributed by atoms with Gasteiger partial charge in [0.2, 0.25) is 0 Å². The van der Waals surface area contributed by atoms with E-state index in [0.717, 1.165) is 0 Å². The number of benzene rings is 9. The van der Waals surface area contributed by atoms with Crippen molar-refractivity contribution < 1.29 is 58.9 Å². The zero-order chi connectivity index (χ0) is 56.5. The number of rotatable bonds is 22. The van der Waals surface area contributed by atoms with Gasteiger partial charge in [-0.2, -0.15) is 0 Å². The molecule has 408 valence electrons. The first-order chi connectivity index (χ1) is 38.5. The number of hydrogen-bond acceptors (Lipinski definition) is 7. The van der Waals surface area contributed by atoms with Gasteiger partial charge in [0.1, 0.15) is 0 Å². The zero-order valence-corrected chi connectivity index (χ0v) is 45.4. The van der Waals surface area contributed by atoms with E-state index in [1.807, 2.05) is 13.8 Å². The molecule has 0 saturated heterocycles. The van der Waals surface area contributed by atoms with E-state index in [0.29, 0.717) is 68.7 Å². The van der Waals surface area contributed by atoms with Gasteiger partial charge in [-0.1, -0.05) is 0 Å². The van der Waals surface area contributed by atoms with Crippen molar-refractivity contribution in [3.05, 3.63) is 271 Å². The van der Waals surface area contributed by atoms with Crippen LogP contribution in [0, 0.1) is 0 Å². The Kier molecular flexibility index (Phi) is 16.7. The maximum absolute atomic E-state index is 15.8. The van der Waals surface area contributed by atoms with Gasteiger partial charge >= 0.3 is 463 Å². The summed E-state index contributed by atoms with van der Waals surface area (Å²) in [4.78, 5) is 31.6. The molecule has 9 aromatic carbocycles. The third kappa shape index (κ3) is 11.1. The molecule has 0 unspecified atom stereocenters. The Morgan fingerprint density at radius 2 is 0.637 bits per heavy atom. The molecular weight excluding hydrogens is 1070 g/mol. The quantitative estimate of drug-likeness (QED) is 0.0289. The van der Waals surface area contributed by atoms with E-state index in [-0.39, 0.29) is 17.2 Å². The van der Waals surface area contributed by atoms with Gasteiger partial charge in [0.15, 0.2) is 0 Å². The number of ether oxygens (including phenoxy) is 2. The van der Waals surface area contributed by atoms with Crippen molar-refractivity contribution >= 4 is 64.4 Å².